The molecule has 0 amide bonds. The first-order chi connectivity index (χ1) is 8.24. The molecule has 0 unspecified atom stereocenters. The molecule has 0 heterocycles. The van der Waals surface area contributed by atoms with Crippen LogP contribution in [0.3, 0.4) is 0 Å². The Morgan fingerprint density at radius 1 is 1.06 bits per heavy atom. The van der Waals surface area contributed by atoms with Crippen LogP contribution in [0.5, 0.6) is 0 Å². The molecule has 0 aliphatic rings. The van der Waals surface area contributed by atoms with Gasteiger partial charge in [-0.25, -0.2) is 0 Å². The SMILES string of the molecule is CCCNCCCCCc1cc(Cl)ccc1Cl. The van der Waals surface area contributed by atoms with Gasteiger partial charge in [0.05, 0.1) is 0 Å². The molecule has 1 aromatic rings. The second-order valence-corrected chi connectivity index (χ2v) is 5.14. The maximum absolute atomic E-state index is 6.11. The summed E-state index contributed by atoms with van der Waals surface area (Å²) in [5, 5.41) is 5.01. The van der Waals surface area contributed by atoms with Crippen LogP contribution in [0.2, 0.25) is 10.0 Å². The standard InChI is InChI=1S/C14H21Cl2N/c1-2-9-17-10-5-3-4-6-12-11-13(15)7-8-14(12)16/h7-8,11,17H,2-6,9-10H2,1H3. The minimum absolute atomic E-state index is 0.772. The molecule has 0 bridgehead atoms. The van der Waals surface area contributed by atoms with Crippen molar-refractivity contribution in [3.63, 3.8) is 0 Å². The van der Waals surface area contributed by atoms with Gasteiger partial charge >= 0.3 is 0 Å². The Bertz CT molecular complexity index is 326. The first kappa shape index (κ1) is 14.8. The molecule has 17 heavy (non-hydrogen) atoms. The van der Waals surface area contributed by atoms with Crippen molar-refractivity contribution in [2.24, 2.45) is 0 Å². The van der Waals surface area contributed by atoms with Crippen LogP contribution in [0.25, 0.3) is 0 Å². The van der Waals surface area contributed by atoms with Crippen molar-refractivity contribution in [3.8, 4) is 0 Å². The third kappa shape index (κ3) is 6.30. The summed E-state index contributed by atoms with van der Waals surface area (Å²) < 4.78 is 0. The van der Waals surface area contributed by atoms with Crippen molar-refractivity contribution in [1.82, 2.24) is 5.32 Å². The summed E-state index contributed by atoms with van der Waals surface area (Å²) in [5.74, 6) is 0. The second kappa shape index (κ2) is 8.79. The summed E-state index contributed by atoms with van der Waals surface area (Å²) in [4.78, 5) is 0. The van der Waals surface area contributed by atoms with Crippen molar-refractivity contribution in [2.45, 2.75) is 39.0 Å². The predicted octanol–water partition coefficient (Wildman–Crippen LogP) is 4.71. The van der Waals surface area contributed by atoms with Gasteiger partial charge in [0.2, 0.25) is 0 Å². The molecule has 0 atom stereocenters. The fourth-order valence-corrected chi connectivity index (χ4v) is 2.19. The van der Waals surface area contributed by atoms with Crippen LogP contribution >= 0.6 is 23.2 Å². The van der Waals surface area contributed by atoms with E-state index in [1.807, 2.05) is 18.2 Å². The van der Waals surface area contributed by atoms with E-state index in [0.717, 1.165) is 29.6 Å². The van der Waals surface area contributed by atoms with Gasteiger partial charge in [-0.1, -0.05) is 36.5 Å². The van der Waals surface area contributed by atoms with E-state index < -0.39 is 0 Å². The van der Waals surface area contributed by atoms with Crippen molar-refractivity contribution in [2.75, 3.05) is 13.1 Å². The lowest BCUT2D eigenvalue weighted by Crippen LogP contribution is -2.15. The van der Waals surface area contributed by atoms with Gasteiger partial charge in [-0.3, -0.25) is 0 Å². The van der Waals surface area contributed by atoms with Crippen LogP contribution in [-0.2, 0) is 6.42 Å². The normalized spacial score (nSPS) is 10.8. The molecule has 3 heteroatoms. The zero-order valence-electron chi connectivity index (χ0n) is 10.4. The number of unbranched alkanes of at least 4 members (excludes halogenated alkanes) is 2. The van der Waals surface area contributed by atoms with Gasteiger partial charge in [-0.15, -0.1) is 0 Å². The Morgan fingerprint density at radius 3 is 2.65 bits per heavy atom. The second-order valence-electron chi connectivity index (χ2n) is 4.30. The molecule has 1 N–H and O–H groups in total. The fraction of sp³-hybridized carbons (Fsp3) is 0.571. The average Bonchev–Trinajstić information content (AvgIpc) is 2.32. The number of benzene rings is 1. The molecule has 96 valence electrons. The maximum atomic E-state index is 6.11. The van der Waals surface area contributed by atoms with Crippen molar-refractivity contribution < 1.29 is 0 Å². The summed E-state index contributed by atoms with van der Waals surface area (Å²) >= 11 is 12.1. The lowest BCUT2D eigenvalue weighted by molar-refractivity contribution is 0.599. The number of hydrogen-bond donors (Lipinski definition) is 1. The van der Waals surface area contributed by atoms with Crippen LogP contribution in [0.1, 0.15) is 38.2 Å². The maximum Gasteiger partial charge on any atom is 0.0439 e. The molecule has 0 radical (unpaired) electrons. The summed E-state index contributed by atoms with van der Waals surface area (Å²) in [7, 11) is 0. The predicted molar refractivity (Wildman–Crippen MR) is 77.2 cm³/mol. The quantitative estimate of drug-likeness (QED) is 0.677. The minimum atomic E-state index is 0.772. The van der Waals surface area contributed by atoms with E-state index >= 15 is 0 Å². The number of rotatable bonds is 8. The summed E-state index contributed by atoms with van der Waals surface area (Å²) in [6.45, 7) is 4.44. The van der Waals surface area contributed by atoms with Crippen LogP contribution in [0.15, 0.2) is 18.2 Å². The molecule has 1 nitrogen and oxygen atoms in total. The monoisotopic (exact) mass is 273 g/mol. The Kier molecular flexibility index (Phi) is 7.67. The molecule has 0 aromatic heterocycles. The van der Waals surface area contributed by atoms with Crippen LogP contribution in [-0.4, -0.2) is 13.1 Å². The third-order valence-corrected chi connectivity index (χ3v) is 3.34. The Morgan fingerprint density at radius 2 is 1.88 bits per heavy atom. The van der Waals surface area contributed by atoms with E-state index in [-0.39, 0.29) is 0 Å². The van der Waals surface area contributed by atoms with Gasteiger partial charge in [0.1, 0.15) is 0 Å². The first-order valence-electron chi connectivity index (χ1n) is 6.38. The zero-order chi connectivity index (χ0) is 12.5. The Balaban J connectivity index is 2.15. The Labute approximate surface area is 115 Å². The van der Waals surface area contributed by atoms with Crippen LogP contribution in [0, 0.1) is 0 Å². The number of hydrogen-bond acceptors (Lipinski definition) is 1. The van der Waals surface area contributed by atoms with E-state index in [9.17, 15) is 0 Å². The smallest absolute Gasteiger partial charge is 0.0439 e. The van der Waals surface area contributed by atoms with E-state index in [1.54, 1.807) is 0 Å². The highest BCUT2D eigenvalue weighted by Gasteiger charge is 2.01. The van der Waals surface area contributed by atoms with Crippen molar-refractivity contribution in [1.29, 1.82) is 0 Å². The van der Waals surface area contributed by atoms with E-state index in [0.29, 0.717) is 0 Å². The van der Waals surface area contributed by atoms with Gasteiger partial charge in [0.15, 0.2) is 0 Å². The molecule has 0 spiro atoms. The van der Waals surface area contributed by atoms with Crippen LogP contribution < -0.4 is 5.32 Å². The Hall–Kier alpha value is -0.240. The van der Waals surface area contributed by atoms with Crippen molar-refractivity contribution >= 4 is 23.2 Å². The fourth-order valence-electron chi connectivity index (χ4n) is 1.78. The van der Waals surface area contributed by atoms with Gasteiger partial charge in [-0.2, -0.15) is 0 Å². The largest absolute Gasteiger partial charge is 0.317 e. The third-order valence-electron chi connectivity index (χ3n) is 2.73. The average molecular weight is 274 g/mol. The summed E-state index contributed by atoms with van der Waals surface area (Å²) in [6, 6.07) is 5.68. The molecular weight excluding hydrogens is 253 g/mol. The molecule has 1 aromatic carbocycles. The highest BCUT2D eigenvalue weighted by molar-refractivity contribution is 6.33. The molecule has 0 fully saturated rings. The van der Waals surface area contributed by atoms with Gasteiger partial charge in [0, 0.05) is 10.0 Å². The topological polar surface area (TPSA) is 12.0 Å². The highest BCUT2D eigenvalue weighted by Crippen LogP contribution is 2.22. The lowest BCUT2D eigenvalue weighted by atomic mass is 10.1. The van der Waals surface area contributed by atoms with E-state index in [2.05, 4.69) is 12.2 Å². The minimum Gasteiger partial charge on any atom is -0.317 e. The van der Waals surface area contributed by atoms with Gasteiger partial charge < -0.3 is 5.32 Å². The van der Waals surface area contributed by atoms with Crippen LogP contribution in [0.4, 0.5) is 0 Å². The van der Waals surface area contributed by atoms with E-state index in [4.69, 9.17) is 23.2 Å². The van der Waals surface area contributed by atoms with Gasteiger partial charge in [0.25, 0.3) is 0 Å². The summed E-state index contributed by atoms with van der Waals surface area (Å²) in [6.07, 6.45) is 5.87. The molecule has 0 saturated carbocycles. The van der Waals surface area contributed by atoms with Gasteiger partial charge in [-0.05, 0) is 62.5 Å². The molecular formula is C14H21Cl2N. The lowest BCUT2D eigenvalue weighted by Gasteiger charge is -2.05. The molecule has 0 aliphatic heterocycles. The molecule has 0 saturated heterocycles. The first-order valence-corrected chi connectivity index (χ1v) is 7.14. The molecule has 0 aliphatic carbocycles. The number of nitrogens with one attached hydrogen (secondary N) is 1. The highest BCUT2D eigenvalue weighted by atomic mass is 35.5. The summed E-state index contributed by atoms with van der Waals surface area (Å²) in [5.41, 5.74) is 1.17. The van der Waals surface area contributed by atoms with Crippen molar-refractivity contribution in [3.05, 3.63) is 33.8 Å². The number of halogens is 2. The van der Waals surface area contributed by atoms with E-state index in [1.165, 1.54) is 31.2 Å². The number of aryl methyl sites for hydroxylation is 1. The molecule has 1 rings (SSSR count). The zero-order valence-corrected chi connectivity index (χ0v) is 11.9.